The van der Waals surface area contributed by atoms with E-state index < -0.39 is 15.3 Å². The van der Waals surface area contributed by atoms with Crippen LogP contribution in [0.15, 0.2) is 63.4 Å². The fourth-order valence-electron chi connectivity index (χ4n) is 3.57. The molecule has 0 aliphatic carbocycles. The maximum absolute atomic E-state index is 13.2. The summed E-state index contributed by atoms with van der Waals surface area (Å²) in [5.41, 5.74) is 0.840. The van der Waals surface area contributed by atoms with Gasteiger partial charge >= 0.3 is 0 Å². The summed E-state index contributed by atoms with van der Waals surface area (Å²) < 4.78 is 30.1. The molecule has 0 radical (unpaired) electrons. The molecule has 1 aromatic heterocycles. The Kier molecular flexibility index (Phi) is 6.84. The number of carbonyl (C=O) groups is 1. The van der Waals surface area contributed by atoms with Crippen LogP contribution in [-0.4, -0.2) is 41.8 Å². The molecule has 3 N–H and O–H groups in total. The lowest BCUT2D eigenvalue weighted by atomic mass is 10.2. The van der Waals surface area contributed by atoms with Crippen LogP contribution >= 0.6 is 11.8 Å². The molecule has 0 unspecified atom stereocenters. The van der Waals surface area contributed by atoms with Gasteiger partial charge in [0.2, 0.25) is 15.9 Å². The van der Waals surface area contributed by atoms with E-state index in [1.807, 2.05) is 6.07 Å². The standard InChI is InChI=1S/C22H24N4O5S2/c1-14(20(27)24-15-8-10-17(11-9-15)33(23,29)30)32-22-25-19-7-3-2-6-18(19)21(28)26(22)13-16-5-4-12-31-16/h2-3,6-11,14,16H,4-5,12-13H2,1H3,(H,24,27)(H2,23,29,30)/t14-,16+/m0/s1. The summed E-state index contributed by atoms with van der Waals surface area (Å²) in [6, 6.07) is 12.7. The van der Waals surface area contributed by atoms with Crippen molar-refractivity contribution in [1.82, 2.24) is 9.55 Å². The van der Waals surface area contributed by atoms with Crippen LogP contribution in [0.25, 0.3) is 10.9 Å². The van der Waals surface area contributed by atoms with Crippen molar-refractivity contribution in [3.63, 3.8) is 0 Å². The summed E-state index contributed by atoms with van der Waals surface area (Å²) in [6.07, 6.45) is 1.76. The fourth-order valence-corrected chi connectivity index (χ4v) is 5.01. The molecule has 2 aromatic carbocycles. The second-order valence-corrected chi connectivity index (χ2v) is 10.7. The topological polar surface area (TPSA) is 133 Å². The first-order chi connectivity index (χ1) is 15.7. The number of hydrogen-bond acceptors (Lipinski definition) is 7. The Morgan fingerprint density at radius 1 is 1.27 bits per heavy atom. The van der Waals surface area contributed by atoms with E-state index in [-0.39, 0.29) is 22.5 Å². The number of ether oxygens (including phenoxy) is 1. The Bertz CT molecular complexity index is 1330. The van der Waals surface area contributed by atoms with E-state index >= 15 is 0 Å². The van der Waals surface area contributed by atoms with Gasteiger partial charge in [-0.3, -0.25) is 14.2 Å². The van der Waals surface area contributed by atoms with Crippen LogP contribution in [0, 0.1) is 0 Å². The molecule has 0 spiro atoms. The number of nitrogens with zero attached hydrogens (tertiary/aromatic N) is 2. The van der Waals surface area contributed by atoms with Gasteiger partial charge < -0.3 is 10.1 Å². The van der Waals surface area contributed by atoms with Gasteiger partial charge in [-0.2, -0.15) is 0 Å². The first-order valence-electron chi connectivity index (χ1n) is 10.4. The minimum Gasteiger partial charge on any atom is -0.376 e. The number of nitrogens with two attached hydrogens (primary N) is 1. The minimum atomic E-state index is -3.81. The van der Waals surface area contributed by atoms with Gasteiger partial charge in [0, 0.05) is 12.3 Å². The number of thioether (sulfide) groups is 1. The molecule has 0 bridgehead atoms. The predicted molar refractivity (Wildman–Crippen MR) is 127 cm³/mol. The van der Waals surface area contributed by atoms with E-state index in [1.165, 1.54) is 36.0 Å². The smallest absolute Gasteiger partial charge is 0.262 e. The van der Waals surface area contributed by atoms with Gasteiger partial charge in [0.1, 0.15) is 0 Å². The number of sulfonamides is 1. The average Bonchev–Trinajstić information content (AvgIpc) is 3.29. The largest absolute Gasteiger partial charge is 0.376 e. The lowest BCUT2D eigenvalue weighted by Crippen LogP contribution is -2.30. The number of aromatic nitrogens is 2. The van der Waals surface area contributed by atoms with Gasteiger partial charge in [0.15, 0.2) is 5.16 Å². The van der Waals surface area contributed by atoms with Gasteiger partial charge in [0.05, 0.1) is 33.7 Å². The first-order valence-corrected chi connectivity index (χ1v) is 12.9. The Balaban J connectivity index is 1.56. The molecule has 3 aromatic rings. The Morgan fingerprint density at radius 2 is 2.00 bits per heavy atom. The van der Waals surface area contributed by atoms with Crippen LogP contribution in [-0.2, 0) is 26.1 Å². The number of amides is 1. The summed E-state index contributed by atoms with van der Waals surface area (Å²) in [5, 5.41) is 8.24. The number of anilines is 1. The minimum absolute atomic E-state index is 0.0403. The molecule has 2 atom stereocenters. The second kappa shape index (κ2) is 9.64. The van der Waals surface area contributed by atoms with Crippen molar-refractivity contribution in [3.8, 4) is 0 Å². The van der Waals surface area contributed by atoms with Crippen molar-refractivity contribution in [2.45, 2.75) is 47.7 Å². The van der Waals surface area contributed by atoms with Crippen LogP contribution < -0.4 is 16.0 Å². The van der Waals surface area contributed by atoms with Gasteiger partial charge in [0.25, 0.3) is 5.56 Å². The molecule has 174 valence electrons. The van der Waals surface area contributed by atoms with E-state index in [0.717, 1.165) is 12.8 Å². The van der Waals surface area contributed by atoms with Crippen molar-refractivity contribution in [2.75, 3.05) is 11.9 Å². The van der Waals surface area contributed by atoms with E-state index in [0.29, 0.717) is 34.9 Å². The number of hydrogen-bond donors (Lipinski definition) is 2. The van der Waals surface area contributed by atoms with Crippen molar-refractivity contribution in [1.29, 1.82) is 0 Å². The molecular formula is C22H24N4O5S2. The highest BCUT2D eigenvalue weighted by molar-refractivity contribution is 8.00. The number of rotatable bonds is 7. The van der Waals surface area contributed by atoms with Gasteiger partial charge in [-0.25, -0.2) is 18.5 Å². The lowest BCUT2D eigenvalue weighted by Gasteiger charge is -2.18. The molecule has 33 heavy (non-hydrogen) atoms. The molecule has 1 aliphatic rings. The maximum Gasteiger partial charge on any atom is 0.262 e. The van der Waals surface area contributed by atoms with Crippen LogP contribution in [0.5, 0.6) is 0 Å². The van der Waals surface area contributed by atoms with Crippen LogP contribution in [0.1, 0.15) is 19.8 Å². The molecule has 1 fully saturated rings. The highest BCUT2D eigenvalue weighted by Gasteiger charge is 2.23. The number of para-hydroxylation sites is 1. The highest BCUT2D eigenvalue weighted by Crippen LogP contribution is 2.25. The van der Waals surface area contributed by atoms with Crippen molar-refractivity contribution < 1.29 is 17.9 Å². The summed E-state index contributed by atoms with van der Waals surface area (Å²) in [4.78, 5) is 30.6. The molecule has 1 aliphatic heterocycles. The van der Waals surface area contributed by atoms with Gasteiger partial charge in [-0.05, 0) is 56.2 Å². The molecule has 4 rings (SSSR count). The lowest BCUT2D eigenvalue weighted by molar-refractivity contribution is -0.115. The van der Waals surface area contributed by atoms with E-state index in [9.17, 15) is 18.0 Å². The van der Waals surface area contributed by atoms with Crippen molar-refractivity contribution >= 4 is 44.3 Å². The Labute approximate surface area is 195 Å². The molecule has 9 nitrogen and oxygen atoms in total. The van der Waals surface area contributed by atoms with Crippen molar-refractivity contribution in [2.24, 2.45) is 5.14 Å². The Hall–Kier alpha value is -2.73. The number of nitrogens with one attached hydrogen (secondary N) is 1. The third-order valence-corrected chi connectivity index (χ3v) is 7.36. The summed E-state index contributed by atoms with van der Waals surface area (Å²) in [7, 11) is -3.81. The van der Waals surface area contributed by atoms with E-state index in [1.54, 1.807) is 29.7 Å². The number of primary sulfonamides is 1. The van der Waals surface area contributed by atoms with Crippen molar-refractivity contribution in [3.05, 3.63) is 58.9 Å². The number of carbonyl (C=O) groups excluding carboxylic acids is 1. The summed E-state index contributed by atoms with van der Waals surface area (Å²) >= 11 is 1.19. The monoisotopic (exact) mass is 488 g/mol. The molecule has 2 heterocycles. The average molecular weight is 489 g/mol. The predicted octanol–water partition coefficient (Wildman–Crippen LogP) is 2.34. The zero-order chi connectivity index (χ0) is 23.6. The molecule has 1 amide bonds. The quantitative estimate of drug-likeness (QED) is 0.385. The molecular weight excluding hydrogens is 464 g/mol. The molecule has 11 heteroatoms. The SMILES string of the molecule is C[C@H](Sc1nc2ccccc2c(=O)n1C[C@H]1CCCO1)C(=O)Nc1ccc(S(N)(=O)=O)cc1. The molecule has 0 saturated carbocycles. The fraction of sp³-hybridized carbons (Fsp3) is 0.318. The van der Waals surface area contributed by atoms with E-state index in [4.69, 9.17) is 9.88 Å². The van der Waals surface area contributed by atoms with Crippen LogP contribution in [0.2, 0.25) is 0 Å². The van der Waals surface area contributed by atoms with E-state index in [2.05, 4.69) is 10.3 Å². The maximum atomic E-state index is 13.2. The van der Waals surface area contributed by atoms with Gasteiger partial charge in [-0.1, -0.05) is 23.9 Å². The zero-order valence-electron chi connectivity index (χ0n) is 17.9. The summed E-state index contributed by atoms with van der Waals surface area (Å²) in [6.45, 7) is 2.77. The first kappa shape index (κ1) is 23.4. The number of benzene rings is 2. The van der Waals surface area contributed by atoms with Crippen LogP contribution in [0.3, 0.4) is 0 Å². The third kappa shape index (κ3) is 5.44. The Morgan fingerprint density at radius 3 is 2.67 bits per heavy atom. The normalized spacial score (nSPS) is 17.2. The second-order valence-electron chi connectivity index (χ2n) is 7.78. The zero-order valence-corrected chi connectivity index (χ0v) is 19.6. The molecule has 1 saturated heterocycles. The van der Waals surface area contributed by atoms with Gasteiger partial charge in [-0.15, -0.1) is 0 Å². The third-order valence-electron chi connectivity index (χ3n) is 5.34. The number of fused-ring (bicyclic) bond motifs is 1. The van der Waals surface area contributed by atoms with Crippen LogP contribution in [0.4, 0.5) is 5.69 Å². The summed E-state index contributed by atoms with van der Waals surface area (Å²) in [5.74, 6) is -0.311. The highest BCUT2D eigenvalue weighted by atomic mass is 32.2.